The maximum Gasteiger partial charge on any atom is 0.405 e. The molecule has 0 aromatic heterocycles. The van der Waals surface area contributed by atoms with Gasteiger partial charge in [0.2, 0.25) is 0 Å². The van der Waals surface area contributed by atoms with Crippen LogP contribution in [0.1, 0.15) is 28.4 Å². The first-order valence-electron chi connectivity index (χ1n) is 7.58. The van der Waals surface area contributed by atoms with Crippen LogP contribution in [-0.2, 0) is 0 Å². The molecule has 1 atom stereocenters. The summed E-state index contributed by atoms with van der Waals surface area (Å²) in [6.45, 7) is 0.184. The Labute approximate surface area is 151 Å². The average Bonchev–Trinajstić information content (AvgIpc) is 2.57. The number of hydrogen-bond donors (Lipinski definition) is 3. The smallest absolute Gasteiger partial charge is 0.405 e. The lowest BCUT2D eigenvalue weighted by atomic mass is 9.97. The number of ether oxygens (including phenoxy) is 1. The standard InChI is InChI=1S/C17H13ClF2N2O4/c18-10-3-2-9-13(22-17(24)25)5-6-26-15(9)14(10)16(23)21-8-1-4-11(19)12(20)7-8/h1-4,7,13,22H,5-6H2,(H,21,23)(H,24,25)/t13-/m0/s1. The van der Waals surface area contributed by atoms with E-state index in [0.29, 0.717) is 12.0 Å². The Morgan fingerprint density at radius 3 is 2.65 bits per heavy atom. The number of carboxylic acid groups (broad SMARTS) is 1. The van der Waals surface area contributed by atoms with E-state index in [1.807, 2.05) is 0 Å². The zero-order chi connectivity index (χ0) is 18.8. The Kier molecular flexibility index (Phi) is 4.94. The van der Waals surface area contributed by atoms with Crippen molar-refractivity contribution in [2.75, 3.05) is 11.9 Å². The molecule has 136 valence electrons. The van der Waals surface area contributed by atoms with E-state index in [-0.39, 0.29) is 28.6 Å². The van der Waals surface area contributed by atoms with Gasteiger partial charge in [0, 0.05) is 23.7 Å². The van der Waals surface area contributed by atoms with Gasteiger partial charge in [0.1, 0.15) is 11.3 Å². The van der Waals surface area contributed by atoms with Crippen LogP contribution in [0.3, 0.4) is 0 Å². The zero-order valence-electron chi connectivity index (χ0n) is 13.2. The zero-order valence-corrected chi connectivity index (χ0v) is 13.9. The highest BCUT2D eigenvalue weighted by atomic mass is 35.5. The molecule has 2 aromatic rings. The SMILES string of the molecule is O=C(O)N[C@H]1CCOc2c1ccc(Cl)c2C(=O)Nc1ccc(F)c(F)c1. The van der Waals surface area contributed by atoms with E-state index >= 15 is 0 Å². The molecule has 0 fully saturated rings. The van der Waals surface area contributed by atoms with Crippen molar-refractivity contribution in [1.82, 2.24) is 5.32 Å². The first-order valence-corrected chi connectivity index (χ1v) is 7.95. The van der Waals surface area contributed by atoms with Gasteiger partial charge < -0.3 is 20.5 Å². The van der Waals surface area contributed by atoms with E-state index in [2.05, 4.69) is 10.6 Å². The van der Waals surface area contributed by atoms with Crippen molar-refractivity contribution in [2.45, 2.75) is 12.5 Å². The van der Waals surface area contributed by atoms with E-state index in [1.54, 1.807) is 6.07 Å². The van der Waals surface area contributed by atoms with Crippen molar-refractivity contribution < 1.29 is 28.2 Å². The Balaban J connectivity index is 1.95. The van der Waals surface area contributed by atoms with Gasteiger partial charge in [-0.05, 0) is 18.2 Å². The number of hydrogen-bond acceptors (Lipinski definition) is 3. The number of carbonyl (C=O) groups excluding carboxylic acids is 1. The molecule has 0 spiro atoms. The third-order valence-electron chi connectivity index (χ3n) is 3.87. The van der Waals surface area contributed by atoms with Gasteiger partial charge in [-0.2, -0.15) is 0 Å². The predicted molar refractivity (Wildman–Crippen MR) is 89.8 cm³/mol. The van der Waals surface area contributed by atoms with Gasteiger partial charge in [0.15, 0.2) is 11.6 Å². The van der Waals surface area contributed by atoms with E-state index in [9.17, 15) is 18.4 Å². The van der Waals surface area contributed by atoms with Crippen LogP contribution in [0.2, 0.25) is 5.02 Å². The summed E-state index contributed by atoms with van der Waals surface area (Å²) in [5.41, 5.74) is 0.503. The summed E-state index contributed by atoms with van der Waals surface area (Å²) in [5, 5.41) is 13.8. The molecule has 2 aromatic carbocycles. The fraction of sp³-hybridized carbons (Fsp3) is 0.176. The number of anilines is 1. The molecule has 3 rings (SSSR count). The van der Waals surface area contributed by atoms with E-state index < -0.39 is 29.7 Å². The first kappa shape index (κ1) is 17.9. The van der Waals surface area contributed by atoms with Crippen molar-refractivity contribution in [3.63, 3.8) is 0 Å². The molecule has 0 unspecified atom stereocenters. The van der Waals surface area contributed by atoms with Crippen LogP contribution in [0.5, 0.6) is 5.75 Å². The molecule has 2 amide bonds. The lowest BCUT2D eigenvalue weighted by Gasteiger charge is -2.27. The highest BCUT2D eigenvalue weighted by Crippen LogP contribution is 2.38. The molecular weight excluding hydrogens is 370 g/mol. The van der Waals surface area contributed by atoms with Crippen molar-refractivity contribution in [2.24, 2.45) is 0 Å². The van der Waals surface area contributed by atoms with E-state index in [1.165, 1.54) is 12.1 Å². The number of benzene rings is 2. The number of amides is 2. The Morgan fingerprint density at radius 1 is 1.19 bits per heavy atom. The molecule has 0 bridgehead atoms. The van der Waals surface area contributed by atoms with Gasteiger partial charge in [0.05, 0.1) is 17.7 Å². The summed E-state index contributed by atoms with van der Waals surface area (Å²) in [6.07, 6.45) is -0.809. The van der Waals surface area contributed by atoms with Gasteiger partial charge in [-0.25, -0.2) is 13.6 Å². The van der Waals surface area contributed by atoms with Gasteiger partial charge in [-0.3, -0.25) is 4.79 Å². The highest BCUT2D eigenvalue weighted by molar-refractivity contribution is 6.35. The molecule has 1 heterocycles. The number of fused-ring (bicyclic) bond motifs is 1. The number of halogens is 3. The summed E-state index contributed by atoms with van der Waals surface area (Å²) in [5.74, 6) is -2.67. The van der Waals surface area contributed by atoms with Crippen LogP contribution in [0.15, 0.2) is 30.3 Å². The minimum Gasteiger partial charge on any atom is -0.492 e. The number of rotatable bonds is 3. The second kappa shape index (κ2) is 7.17. The third-order valence-corrected chi connectivity index (χ3v) is 4.18. The van der Waals surface area contributed by atoms with Gasteiger partial charge in [-0.1, -0.05) is 17.7 Å². The first-order chi connectivity index (χ1) is 12.4. The minimum atomic E-state index is -1.20. The van der Waals surface area contributed by atoms with Crippen LogP contribution in [-0.4, -0.2) is 23.7 Å². The Morgan fingerprint density at radius 2 is 1.96 bits per heavy atom. The molecule has 26 heavy (non-hydrogen) atoms. The molecule has 1 aliphatic rings. The topological polar surface area (TPSA) is 87.7 Å². The summed E-state index contributed by atoms with van der Waals surface area (Å²) in [6, 6.07) is 5.40. The highest BCUT2D eigenvalue weighted by Gasteiger charge is 2.29. The van der Waals surface area contributed by atoms with Crippen molar-refractivity contribution in [3.8, 4) is 5.75 Å². The van der Waals surface area contributed by atoms with Gasteiger partial charge in [0.25, 0.3) is 5.91 Å². The van der Waals surface area contributed by atoms with E-state index in [0.717, 1.165) is 12.1 Å². The largest absolute Gasteiger partial charge is 0.492 e. The molecule has 0 aliphatic carbocycles. The molecule has 6 nitrogen and oxygen atoms in total. The third kappa shape index (κ3) is 3.55. The molecule has 0 radical (unpaired) electrons. The number of nitrogens with one attached hydrogen (secondary N) is 2. The molecule has 0 saturated heterocycles. The van der Waals surface area contributed by atoms with Crippen molar-refractivity contribution >= 4 is 29.3 Å². The predicted octanol–water partition coefficient (Wildman–Crippen LogP) is 3.96. The van der Waals surface area contributed by atoms with Gasteiger partial charge in [-0.15, -0.1) is 0 Å². The maximum atomic E-state index is 13.3. The minimum absolute atomic E-state index is 0.00853. The van der Waals surface area contributed by atoms with Crippen LogP contribution in [0.25, 0.3) is 0 Å². The second-order valence-corrected chi connectivity index (χ2v) is 5.97. The molecule has 9 heteroatoms. The quantitative estimate of drug-likeness (QED) is 0.749. The molecule has 0 saturated carbocycles. The number of carbonyl (C=O) groups is 2. The second-order valence-electron chi connectivity index (χ2n) is 5.56. The van der Waals surface area contributed by atoms with E-state index in [4.69, 9.17) is 21.4 Å². The average molecular weight is 383 g/mol. The summed E-state index contributed by atoms with van der Waals surface area (Å²) < 4.78 is 31.9. The summed E-state index contributed by atoms with van der Waals surface area (Å²) >= 11 is 6.12. The van der Waals surface area contributed by atoms with Gasteiger partial charge >= 0.3 is 6.09 Å². The maximum absolute atomic E-state index is 13.3. The molecule has 1 aliphatic heterocycles. The monoisotopic (exact) mass is 382 g/mol. The van der Waals surface area contributed by atoms with Crippen molar-refractivity contribution in [3.05, 3.63) is 58.1 Å². The summed E-state index contributed by atoms with van der Waals surface area (Å²) in [4.78, 5) is 23.5. The lowest BCUT2D eigenvalue weighted by Crippen LogP contribution is -2.31. The molecule has 3 N–H and O–H groups in total. The lowest BCUT2D eigenvalue weighted by molar-refractivity contribution is 0.102. The van der Waals surface area contributed by atoms with Crippen LogP contribution in [0.4, 0.5) is 19.3 Å². The van der Waals surface area contributed by atoms with Crippen LogP contribution < -0.4 is 15.4 Å². The van der Waals surface area contributed by atoms with Crippen molar-refractivity contribution in [1.29, 1.82) is 0 Å². The molecular formula is C17H13ClF2N2O4. The Bertz CT molecular complexity index is 891. The fourth-order valence-corrected chi connectivity index (χ4v) is 2.95. The van der Waals surface area contributed by atoms with Crippen LogP contribution >= 0.6 is 11.6 Å². The fourth-order valence-electron chi connectivity index (χ4n) is 2.72. The normalized spacial score (nSPS) is 15.6. The summed E-state index contributed by atoms with van der Waals surface area (Å²) in [7, 11) is 0. The van der Waals surface area contributed by atoms with Crippen LogP contribution in [0, 0.1) is 11.6 Å². The Hall–Kier alpha value is -2.87.